The van der Waals surface area contributed by atoms with E-state index in [9.17, 15) is 4.79 Å². The third kappa shape index (κ3) is 2.82. The van der Waals surface area contributed by atoms with Gasteiger partial charge >= 0.3 is 0 Å². The Morgan fingerprint density at radius 3 is 2.62 bits per heavy atom. The minimum atomic E-state index is -0.386. The van der Waals surface area contributed by atoms with Crippen molar-refractivity contribution in [2.45, 2.75) is 12.5 Å². The summed E-state index contributed by atoms with van der Waals surface area (Å²) >= 11 is 3.35. The van der Waals surface area contributed by atoms with Gasteiger partial charge in [-0.2, -0.15) is 0 Å². The molecule has 0 bridgehead atoms. The molecule has 1 aromatic carbocycles. The fourth-order valence-electron chi connectivity index (χ4n) is 1.10. The maximum Gasteiger partial charge on any atom is 0.219 e. The van der Waals surface area contributed by atoms with Crippen molar-refractivity contribution in [2.75, 3.05) is 0 Å². The van der Waals surface area contributed by atoms with Crippen molar-refractivity contribution in [1.82, 2.24) is 0 Å². The summed E-state index contributed by atoms with van der Waals surface area (Å²) in [5, 5.41) is 0. The summed E-state index contributed by atoms with van der Waals surface area (Å²) in [6, 6.07) is 7.20. The molecule has 3 nitrogen and oxygen atoms in total. The van der Waals surface area contributed by atoms with Gasteiger partial charge in [0.15, 0.2) is 0 Å². The molecule has 0 radical (unpaired) electrons. The van der Waals surface area contributed by atoms with Crippen molar-refractivity contribution in [3.8, 4) is 0 Å². The fraction of sp³-hybridized carbons (Fsp3) is 0.222. The van der Waals surface area contributed by atoms with Crippen LogP contribution in [0.15, 0.2) is 28.7 Å². The second-order valence-electron chi connectivity index (χ2n) is 2.80. The molecule has 1 atom stereocenters. The summed E-state index contributed by atoms with van der Waals surface area (Å²) < 4.78 is 0.906. The van der Waals surface area contributed by atoms with Crippen molar-refractivity contribution in [2.24, 2.45) is 11.5 Å². The SMILES string of the molecule is NC(=O)CC(N)c1ccccc1Br. The van der Waals surface area contributed by atoms with E-state index in [4.69, 9.17) is 11.5 Å². The molecule has 0 saturated carbocycles. The summed E-state index contributed by atoms with van der Waals surface area (Å²) in [5.41, 5.74) is 11.7. The summed E-state index contributed by atoms with van der Waals surface area (Å²) in [6.07, 6.45) is 0.169. The molecule has 1 amide bonds. The molecule has 0 aromatic heterocycles. The van der Waals surface area contributed by atoms with Gasteiger partial charge in [-0.15, -0.1) is 0 Å². The minimum Gasteiger partial charge on any atom is -0.370 e. The largest absolute Gasteiger partial charge is 0.370 e. The lowest BCUT2D eigenvalue weighted by atomic mass is 10.0. The molecule has 0 heterocycles. The fourth-order valence-corrected chi connectivity index (χ4v) is 1.68. The highest BCUT2D eigenvalue weighted by Crippen LogP contribution is 2.23. The van der Waals surface area contributed by atoms with Crippen LogP contribution in [-0.2, 0) is 4.79 Å². The van der Waals surface area contributed by atoms with Crippen molar-refractivity contribution in [3.63, 3.8) is 0 Å². The zero-order valence-corrected chi connectivity index (χ0v) is 8.62. The number of hydrogen-bond acceptors (Lipinski definition) is 2. The second kappa shape index (κ2) is 4.39. The molecule has 0 fully saturated rings. The highest BCUT2D eigenvalue weighted by molar-refractivity contribution is 9.10. The van der Waals surface area contributed by atoms with Crippen molar-refractivity contribution in [3.05, 3.63) is 34.3 Å². The molecule has 4 N–H and O–H groups in total. The van der Waals surface area contributed by atoms with Crippen molar-refractivity contribution < 1.29 is 4.79 Å². The molecular formula is C9H11BrN2O. The Kier molecular flexibility index (Phi) is 3.45. The first-order valence-corrected chi connectivity index (χ1v) is 4.69. The monoisotopic (exact) mass is 242 g/mol. The number of nitrogens with two attached hydrogens (primary N) is 2. The topological polar surface area (TPSA) is 69.1 Å². The van der Waals surface area contributed by atoms with Crippen molar-refractivity contribution in [1.29, 1.82) is 0 Å². The van der Waals surface area contributed by atoms with E-state index >= 15 is 0 Å². The van der Waals surface area contributed by atoms with E-state index in [0.717, 1.165) is 10.0 Å². The van der Waals surface area contributed by atoms with Gasteiger partial charge in [0.2, 0.25) is 5.91 Å². The van der Waals surface area contributed by atoms with Crippen LogP contribution in [0.5, 0.6) is 0 Å². The van der Waals surface area contributed by atoms with Gasteiger partial charge in [0.1, 0.15) is 0 Å². The first kappa shape index (κ1) is 10.2. The van der Waals surface area contributed by atoms with Gasteiger partial charge < -0.3 is 11.5 Å². The van der Waals surface area contributed by atoms with Gasteiger partial charge in [0.25, 0.3) is 0 Å². The average molecular weight is 243 g/mol. The van der Waals surface area contributed by atoms with Gasteiger partial charge in [-0.25, -0.2) is 0 Å². The Balaban J connectivity index is 2.82. The molecule has 1 aromatic rings. The van der Waals surface area contributed by atoms with Crippen LogP contribution in [0.25, 0.3) is 0 Å². The van der Waals surface area contributed by atoms with Crippen LogP contribution in [0.1, 0.15) is 18.0 Å². The maximum atomic E-state index is 10.6. The Hall–Kier alpha value is -0.870. The standard InChI is InChI=1S/C9H11BrN2O/c10-7-4-2-1-3-6(7)8(11)5-9(12)13/h1-4,8H,5,11H2,(H2,12,13). The lowest BCUT2D eigenvalue weighted by Crippen LogP contribution is -2.20. The molecule has 0 aliphatic rings. The first-order chi connectivity index (χ1) is 6.11. The third-order valence-electron chi connectivity index (χ3n) is 1.73. The van der Waals surface area contributed by atoms with E-state index in [1.807, 2.05) is 24.3 Å². The molecule has 0 aliphatic heterocycles. The second-order valence-corrected chi connectivity index (χ2v) is 3.65. The number of carbonyl (C=O) groups excluding carboxylic acids is 1. The van der Waals surface area contributed by atoms with E-state index in [1.54, 1.807) is 0 Å². The summed E-state index contributed by atoms with van der Waals surface area (Å²) in [4.78, 5) is 10.6. The Morgan fingerprint density at radius 1 is 1.46 bits per heavy atom. The van der Waals surface area contributed by atoms with Crippen LogP contribution in [0.3, 0.4) is 0 Å². The van der Waals surface area contributed by atoms with Crippen LogP contribution < -0.4 is 11.5 Å². The van der Waals surface area contributed by atoms with Crippen LogP contribution >= 0.6 is 15.9 Å². The predicted octanol–water partition coefficient (Wildman–Crippen LogP) is 1.32. The Morgan fingerprint density at radius 2 is 2.08 bits per heavy atom. The molecule has 70 valence electrons. The molecule has 0 aliphatic carbocycles. The number of primary amides is 1. The Labute approximate surface area is 85.2 Å². The molecule has 0 saturated heterocycles. The van der Waals surface area contributed by atoms with Gasteiger partial charge in [0.05, 0.1) is 0 Å². The smallest absolute Gasteiger partial charge is 0.219 e. The lowest BCUT2D eigenvalue weighted by Gasteiger charge is -2.11. The summed E-state index contributed by atoms with van der Waals surface area (Å²) in [7, 11) is 0. The van der Waals surface area contributed by atoms with E-state index in [0.29, 0.717) is 0 Å². The Bertz CT molecular complexity index is 314. The maximum absolute atomic E-state index is 10.6. The highest BCUT2D eigenvalue weighted by atomic mass is 79.9. The molecule has 0 spiro atoms. The minimum absolute atomic E-state index is 0.169. The number of rotatable bonds is 3. The van der Waals surface area contributed by atoms with E-state index in [-0.39, 0.29) is 18.4 Å². The van der Waals surface area contributed by atoms with E-state index < -0.39 is 0 Å². The first-order valence-electron chi connectivity index (χ1n) is 3.89. The number of benzene rings is 1. The number of amides is 1. The summed E-state index contributed by atoms with van der Waals surface area (Å²) in [6.45, 7) is 0. The quantitative estimate of drug-likeness (QED) is 0.840. The average Bonchev–Trinajstić information content (AvgIpc) is 2.03. The normalized spacial score (nSPS) is 12.5. The summed E-state index contributed by atoms with van der Waals surface area (Å²) in [5.74, 6) is -0.386. The van der Waals surface area contributed by atoms with E-state index in [2.05, 4.69) is 15.9 Å². The molecule has 4 heteroatoms. The van der Waals surface area contributed by atoms with Gasteiger partial charge in [0, 0.05) is 16.9 Å². The van der Waals surface area contributed by atoms with Gasteiger partial charge in [-0.3, -0.25) is 4.79 Å². The molecule has 13 heavy (non-hydrogen) atoms. The molecular weight excluding hydrogens is 232 g/mol. The lowest BCUT2D eigenvalue weighted by molar-refractivity contribution is -0.118. The van der Waals surface area contributed by atoms with Crippen LogP contribution in [0, 0.1) is 0 Å². The van der Waals surface area contributed by atoms with Crippen LogP contribution in [0.4, 0.5) is 0 Å². The van der Waals surface area contributed by atoms with Crippen LogP contribution in [-0.4, -0.2) is 5.91 Å². The van der Waals surface area contributed by atoms with Crippen molar-refractivity contribution >= 4 is 21.8 Å². The predicted molar refractivity (Wildman–Crippen MR) is 54.9 cm³/mol. The zero-order valence-electron chi connectivity index (χ0n) is 7.03. The van der Waals surface area contributed by atoms with Gasteiger partial charge in [-0.1, -0.05) is 34.1 Å². The van der Waals surface area contributed by atoms with E-state index in [1.165, 1.54) is 0 Å². The zero-order chi connectivity index (χ0) is 9.84. The number of carbonyl (C=O) groups is 1. The van der Waals surface area contributed by atoms with Crippen LogP contribution in [0.2, 0.25) is 0 Å². The molecule has 1 rings (SSSR count). The van der Waals surface area contributed by atoms with Gasteiger partial charge in [-0.05, 0) is 11.6 Å². The number of hydrogen-bond donors (Lipinski definition) is 2. The molecule has 1 unspecified atom stereocenters. The third-order valence-corrected chi connectivity index (χ3v) is 2.45. The number of halogens is 1. The highest BCUT2D eigenvalue weighted by Gasteiger charge is 2.11.